The summed E-state index contributed by atoms with van der Waals surface area (Å²) in [6.45, 7) is 6.77. The number of aliphatic imine (C=N–C) groups is 1. The Morgan fingerprint density at radius 1 is 1.07 bits per heavy atom. The molecule has 1 saturated heterocycles. The van der Waals surface area contributed by atoms with E-state index in [0.29, 0.717) is 6.54 Å². The number of rotatable bonds is 7. The van der Waals surface area contributed by atoms with Crippen LogP contribution in [0.15, 0.2) is 59.7 Å². The lowest BCUT2D eigenvalue weighted by atomic mass is 10.1. The minimum atomic E-state index is 0.679. The van der Waals surface area contributed by atoms with Gasteiger partial charge in [0.05, 0.1) is 6.54 Å². The highest BCUT2D eigenvalue weighted by Gasteiger charge is 2.10. The van der Waals surface area contributed by atoms with Gasteiger partial charge in [0.15, 0.2) is 5.96 Å². The summed E-state index contributed by atoms with van der Waals surface area (Å²) in [4.78, 5) is 10.6. The highest BCUT2D eigenvalue weighted by Crippen LogP contribution is 2.20. The molecular formula is C24H31N5S. The quantitative estimate of drug-likeness (QED) is 0.398. The summed E-state index contributed by atoms with van der Waals surface area (Å²) in [7, 11) is 0. The second kappa shape index (κ2) is 10.4. The molecule has 1 aliphatic rings. The fourth-order valence-electron chi connectivity index (χ4n) is 3.80. The molecule has 2 aromatic carbocycles. The van der Waals surface area contributed by atoms with Crippen LogP contribution in [0.1, 0.15) is 18.1 Å². The first-order chi connectivity index (χ1) is 14.8. The van der Waals surface area contributed by atoms with Crippen molar-refractivity contribution in [1.82, 2.24) is 15.6 Å². The number of aromatic nitrogens is 1. The van der Waals surface area contributed by atoms with Crippen LogP contribution in [0, 0.1) is 0 Å². The summed E-state index contributed by atoms with van der Waals surface area (Å²) >= 11 is 2.04. The first-order valence-electron chi connectivity index (χ1n) is 10.8. The molecule has 30 heavy (non-hydrogen) atoms. The molecule has 0 radical (unpaired) electrons. The van der Waals surface area contributed by atoms with Gasteiger partial charge in [0.25, 0.3) is 0 Å². The number of hydrogen-bond acceptors (Lipinski definition) is 3. The zero-order chi connectivity index (χ0) is 20.6. The number of hydrogen-bond donors (Lipinski definition) is 3. The SMILES string of the molecule is CCNC(=NCc1ccc(N2CCSCC2)cc1)NCCc1c[nH]c2ccccc12. The van der Waals surface area contributed by atoms with E-state index in [4.69, 9.17) is 4.99 Å². The minimum absolute atomic E-state index is 0.679. The molecule has 1 fully saturated rings. The van der Waals surface area contributed by atoms with Crippen LogP contribution in [-0.2, 0) is 13.0 Å². The Labute approximate surface area is 183 Å². The van der Waals surface area contributed by atoms with Gasteiger partial charge in [-0.1, -0.05) is 30.3 Å². The van der Waals surface area contributed by atoms with Crippen molar-refractivity contribution in [3.05, 3.63) is 65.9 Å². The average Bonchev–Trinajstić information content (AvgIpc) is 3.21. The third kappa shape index (κ3) is 5.30. The fraction of sp³-hybridized carbons (Fsp3) is 0.375. The van der Waals surface area contributed by atoms with Crippen LogP contribution in [0.25, 0.3) is 10.9 Å². The van der Waals surface area contributed by atoms with Crippen molar-refractivity contribution in [1.29, 1.82) is 0 Å². The lowest BCUT2D eigenvalue weighted by molar-refractivity contribution is 0.801. The Bertz CT molecular complexity index is 957. The number of para-hydroxylation sites is 1. The van der Waals surface area contributed by atoms with E-state index in [9.17, 15) is 0 Å². The van der Waals surface area contributed by atoms with Crippen molar-refractivity contribution in [3.8, 4) is 0 Å². The number of nitrogens with one attached hydrogen (secondary N) is 3. The van der Waals surface area contributed by atoms with Crippen molar-refractivity contribution in [2.75, 3.05) is 42.6 Å². The molecule has 0 spiro atoms. The predicted molar refractivity (Wildman–Crippen MR) is 131 cm³/mol. The largest absolute Gasteiger partial charge is 0.370 e. The molecule has 0 bridgehead atoms. The number of anilines is 1. The molecule has 0 aliphatic carbocycles. The van der Waals surface area contributed by atoms with E-state index in [1.54, 1.807) is 0 Å². The first kappa shape index (κ1) is 20.7. The lowest BCUT2D eigenvalue weighted by Crippen LogP contribution is -2.38. The molecule has 4 rings (SSSR count). The second-order valence-corrected chi connectivity index (χ2v) is 8.72. The molecule has 3 aromatic rings. The van der Waals surface area contributed by atoms with Crippen LogP contribution >= 0.6 is 11.8 Å². The number of thioether (sulfide) groups is 1. The van der Waals surface area contributed by atoms with Crippen molar-refractivity contribution < 1.29 is 0 Å². The maximum absolute atomic E-state index is 4.78. The van der Waals surface area contributed by atoms with Gasteiger partial charge in [-0.3, -0.25) is 0 Å². The van der Waals surface area contributed by atoms with Crippen LogP contribution in [0.3, 0.4) is 0 Å². The maximum Gasteiger partial charge on any atom is 0.191 e. The van der Waals surface area contributed by atoms with Gasteiger partial charge in [-0.15, -0.1) is 0 Å². The molecule has 0 saturated carbocycles. The standard InChI is InChI=1S/C24H31N5S/c1-2-25-24(26-12-11-20-18-27-23-6-4-3-5-22(20)23)28-17-19-7-9-21(10-8-19)29-13-15-30-16-14-29/h3-10,18,27H,2,11-17H2,1H3,(H2,25,26,28). The highest BCUT2D eigenvalue weighted by atomic mass is 32.2. The number of aromatic amines is 1. The molecule has 3 N–H and O–H groups in total. The zero-order valence-corrected chi connectivity index (χ0v) is 18.5. The predicted octanol–water partition coefficient (Wildman–Crippen LogP) is 4.02. The number of fused-ring (bicyclic) bond motifs is 1. The van der Waals surface area contributed by atoms with Gasteiger partial charge in [0, 0.05) is 60.5 Å². The normalized spacial score (nSPS) is 14.8. The summed E-state index contributed by atoms with van der Waals surface area (Å²) in [5.41, 5.74) is 5.09. The van der Waals surface area contributed by atoms with E-state index in [1.807, 2.05) is 11.8 Å². The van der Waals surface area contributed by atoms with Crippen LogP contribution in [0.5, 0.6) is 0 Å². The molecule has 0 atom stereocenters. The summed E-state index contributed by atoms with van der Waals surface area (Å²) in [6.07, 6.45) is 3.07. The Morgan fingerprint density at radius 2 is 1.87 bits per heavy atom. The third-order valence-electron chi connectivity index (χ3n) is 5.44. The molecule has 158 valence electrons. The number of guanidine groups is 1. The number of benzene rings is 2. The van der Waals surface area contributed by atoms with Gasteiger partial charge in [-0.25, -0.2) is 4.99 Å². The van der Waals surface area contributed by atoms with Crippen molar-refractivity contribution in [2.24, 2.45) is 4.99 Å². The van der Waals surface area contributed by atoms with Crippen molar-refractivity contribution in [2.45, 2.75) is 19.9 Å². The maximum atomic E-state index is 4.78. The average molecular weight is 422 g/mol. The van der Waals surface area contributed by atoms with E-state index in [2.05, 4.69) is 82.2 Å². The Kier molecular flexibility index (Phi) is 7.19. The van der Waals surface area contributed by atoms with E-state index < -0.39 is 0 Å². The van der Waals surface area contributed by atoms with Gasteiger partial charge in [-0.2, -0.15) is 11.8 Å². The van der Waals surface area contributed by atoms with Crippen molar-refractivity contribution >= 4 is 34.3 Å². The highest BCUT2D eigenvalue weighted by molar-refractivity contribution is 7.99. The van der Waals surface area contributed by atoms with Gasteiger partial charge in [-0.05, 0) is 42.7 Å². The fourth-order valence-corrected chi connectivity index (χ4v) is 4.70. The molecule has 0 unspecified atom stereocenters. The summed E-state index contributed by atoms with van der Waals surface area (Å²) in [5, 5.41) is 8.12. The molecule has 1 aliphatic heterocycles. The van der Waals surface area contributed by atoms with Gasteiger partial charge < -0.3 is 20.5 Å². The monoisotopic (exact) mass is 421 g/mol. The van der Waals surface area contributed by atoms with Crippen LogP contribution in [-0.4, -0.2) is 48.6 Å². The Morgan fingerprint density at radius 3 is 2.67 bits per heavy atom. The molecule has 1 aromatic heterocycles. The summed E-state index contributed by atoms with van der Waals surface area (Å²) in [5.74, 6) is 3.32. The molecule has 5 nitrogen and oxygen atoms in total. The zero-order valence-electron chi connectivity index (χ0n) is 17.7. The molecule has 6 heteroatoms. The van der Waals surface area contributed by atoms with Crippen LogP contribution < -0.4 is 15.5 Å². The molecule has 2 heterocycles. The van der Waals surface area contributed by atoms with E-state index in [0.717, 1.165) is 38.6 Å². The molecule has 0 amide bonds. The van der Waals surface area contributed by atoms with E-state index in [-0.39, 0.29) is 0 Å². The van der Waals surface area contributed by atoms with E-state index in [1.165, 1.54) is 39.2 Å². The summed E-state index contributed by atoms with van der Waals surface area (Å²) in [6, 6.07) is 17.3. The Balaban J connectivity index is 1.32. The Hall–Kier alpha value is -2.60. The van der Waals surface area contributed by atoms with Gasteiger partial charge in [0.1, 0.15) is 0 Å². The van der Waals surface area contributed by atoms with Crippen LogP contribution in [0.2, 0.25) is 0 Å². The smallest absolute Gasteiger partial charge is 0.191 e. The van der Waals surface area contributed by atoms with Gasteiger partial charge in [0.2, 0.25) is 0 Å². The van der Waals surface area contributed by atoms with E-state index >= 15 is 0 Å². The second-order valence-electron chi connectivity index (χ2n) is 7.50. The topological polar surface area (TPSA) is 55.5 Å². The third-order valence-corrected chi connectivity index (χ3v) is 6.38. The lowest BCUT2D eigenvalue weighted by Gasteiger charge is -2.28. The minimum Gasteiger partial charge on any atom is -0.370 e. The molecular weight excluding hydrogens is 390 g/mol. The number of H-pyrrole nitrogens is 1. The number of nitrogens with zero attached hydrogens (tertiary/aromatic N) is 2. The first-order valence-corrected chi connectivity index (χ1v) is 12.0. The van der Waals surface area contributed by atoms with Crippen molar-refractivity contribution in [3.63, 3.8) is 0 Å². The van der Waals surface area contributed by atoms with Crippen LogP contribution in [0.4, 0.5) is 5.69 Å². The van der Waals surface area contributed by atoms with Gasteiger partial charge >= 0.3 is 0 Å². The summed E-state index contributed by atoms with van der Waals surface area (Å²) < 4.78 is 0.